The third kappa shape index (κ3) is 4.97. The van der Waals surface area contributed by atoms with Crippen LogP contribution in [-0.4, -0.2) is 52.7 Å². The van der Waals surface area contributed by atoms with Crippen LogP contribution in [0.4, 0.5) is 10.1 Å². The molecule has 5 nitrogen and oxygen atoms in total. The third-order valence-corrected chi connectivity index (χ3v) is 5.93. The number of thioether (sulfide) groups is 1. The maximum Gasteiger partial charge on any atom is 0.233 e. The molecule has 4 rings (SSSR count). The molecule has 0 N–H and O–H groups in total. The van der Waals surface area contributed by atoms with Crippen molar-refractivity contribution < 1.29 is 9.18 Å². The van der Waals surface area contributed by atoms with Gasteiger partial charge in [-0.3, -0.25) is 4.79 Å². The number of aromatic nitrogens is 2. The van der Waals surface area contributed by atoms with Gasteiger partial charge in [0.25, 0.3) is 0 Å². The molecule has 1 saturated heterocycles. The van der Waals surface area contributed by atoms with Crippen LogP contribution < -0.4 is 4.90 Å². The van der Waals surface area contributed by atoms with Crippen molar-refractivity contribution in [3.63, 3.8) is 0 Å². The minimum atomic E-state index is -0.293. The number of halogens is 1. The molecule has 7 heteroatoms. The van der Waals surface area contributed by atoms with Gasteiger partial charge in [0.2, 0.25) is 5.91 Å². The molecular weight excluding hydrogens is 399 g/mol. The molecule has 0 radical (unpaired) electrons. The number of hydrogen-bond acceptors (Lipinski definition) is 5. The lowest BCUT2D eigenvalue weighted by Crippen LogP contribution is -2.49. The number of carbonyl (C=O) groups is 1. The number of anilines is 1. The maximum absolute atomic E-state index is 13.2. The Kier molecular flexibility index (Phi) is 6.28. The van der Waals surface area contributed by atoms with Gasteiger partial charge < -0.3 is 9.80 Å². The number of amides is 1. The van der Waals surface area contributed by atoms with Crippen LogP contribution in [0.25, 0.3) is 11.4 Å². The molecule has 0 saturated carbocycles. The van der Waals surface area contributed by atoms with E-state index < -0.39 is 0 Å². The van der Waals surface area contributed by atoms with Crippen LogP contribution in [-0.2, 0) is 4.79 Å². The summed E-state index contributed by atoms with van der Waals surface area (Å²) in [7, 11) is 0. The standard InChI is InChI=1S/C23H23FN4OS/c1-17-15-21(26-23(25-17)18-7-9-19(24)10-8-18)30-16-22(29)28-13-11-27(12-14-28)20-5-3-2-4-6-20/h2-10,15H,11-14,16H2,1H3. The molecule has 1 aliphatic heterocycles. The van der Waals surface area contributed by atoms with Crippen molar-refractivity contribution in [2.75, 3.05) is 36.8 Å². The van der Waals surface area contributed by atoms with Crippen LogP contribution >= 0.6 is 11.8 Å². The fraction of sp³-hybridized carbons (Fsp3) is 0.261. The molecule has 1 fully saturated rings. The highest BCUT2D eigenvalue weighted by atomic mass is 32.2. The summed E-state index contributed by atoms with van der Waals surface area (Å²) in [5.74, 6) is 0.706. The molecule has 30 heavy (non-hydrogen) atoms. The zero-order chi connectivity index (χ0) is 20.9. The molecular formula is C23H23FN4OS. The number of nitrogens with zero attached hydrogens (tertiary/aromatic N) is 4. The summed E-state index contributed by atoms with van der Waals surface area (Å²) in [6.45, 7) is 5.00. The fourth-order valence-electron chi connectivity index (χ4n) is 3.42. The maximum atomic E-state index is 13.2. The van der Waals surface area contributed by atoms with Crippen LogP contribution in [0.1, 0.15) is 5.69 Å². The number of carbonyl (C=O) groups excluding carboxylic acids is 1. The topological polar surface area (TPSA) is 49.3 Å². The normalized spacial score (nSPS) is 14.1. The van der Waals surface area contributed by atoms with Gasteiger partial charge >= 0.3 is 0 Å². The predicted molar refractivity (Wildman–Crippen MR) is 118 cm³/mol. The van der Waals surface area contributed by atoms with Gasteiger partial charge in [-0.2, -0.15) is 0 Å². The number of para-hydroxylation sites is 1. The van der Waals surface area contributed by atoms with Gasteiger partial charge in [0, 0.05) is 43.1 Å². The Morgan fingerprint density at radius 1 is 1.00 bits per heavy atom. The third-order valence-electron chi connectivity index (χ3n) is 5.03. The molecule has 2 heterocycles. The van der Waals surface area contributed by atoms with Crippen LogP contribution in [0.3, 0.4) is 0 Å². The predicted octanol–water partition coefficient (Wildman–Crippen LogP) is 4.03. The molecule has 1 amide bonds. The monoisotopic (exact) mass is 422 g/mol. The molecule has 0 bridgehead atoms. The Hall–Kier alpha value is -2.93. The molecule has 3 aromatic rings. The summed E-state index contributed by atoms with van der Waals surface area (Å²) in [6.07, 6.45) is 0. The highest BCUT2D eigenvalue weighted by Gasteiger charge is 2.21. The van der Waals surface area contributed by atoms with E-state index in [1.807, 2.05) is 36.1 Å². The Morgan fingerprint density at radius 2 is 1.70 bits per heavy atom. The van der Waals surface area contributed by atoms with E-state index in [0.717, 1.165) is 42.5 Å². The van der Waals surface area contributed by atoms with Crippen LogP contribution in [0.2, 0.25) is 0 Å². The molecule has 0 unspecified atom stereocenters. The van der Waals surface area contributed by atoms with Crippen molar-refractivity contribution in [3.8, 4) is 11.4 Å². The number of hydrogen-bond donors (Lipinski definition) is 0. The van der Waals surface area contributed by atoms with Crippen molar-refractivity contribution in [3.05, 3.63) is 72.2 Å². The first-order valence-corrected chi connectivity index (χ1v) is 10.9. The summed E-state index contributed by atoms with van der Waals surface area (Å²) < 4.78 is 13.2. The van der Waals surface area contributed by atoms with Crippen molar-refractivity contribution in [2.24, 2.45) is 0 Å². The minimum Gasteiger partial charge on any atom is -0.368 e. The van der Waals surface area contributed by atoms with Crippen LogP contribution in [0.5, 0.6) is 0 Å². The molecule has 1 aromatic heterocycles. The second-order valence-electron chi connectivity index (χ2n) is 7.17. The highest BCUT2D eigenvalue weighted by molar-refractivity contribution is 7.99. The van der Waals surface area contributed by atoms with Crippen LogP contribution in [0.15, 0.2) is 65.7 Å². The molecule has 154 valence electrons. The summed E-state index contributed by atoms with van der Waals surface area (Å²) in [4.78, 5) is 25.9. The molecule has 2 aromatic carbocycles. The average molecular weight is 423 g/mol. The van der Waals surface area contributed by atoms with Gasteiger partial charge in [0.05, 0.1) is 5.75 Å². The molecule has 0 spiro atoms. The van der Waals surface area contributed by atoms with Crippen LogP contribution in [0, 0.1) is 12.7 Å². The van der Waals surface area contributed by atoms with E-state index in [-0.39, 0.29) is 11.7 Å². The SMILES string of the molecule is Cc1cc(SCC(=O)N2CCN(c3ccccc3)CC2)nc(-c2ccc(F)cc2)n1. The highest BCUT2D eigenvalue weighted by Crippen LogP contribution is 2.23. The van der Waals surface area contributed by atoms with E-state index in [2.05, 4.69) is 27.0 Å². The number of piperazine rings is 1. The Labute approximate surface area is 180 Å². The van der Waals surface area contributed by atoms with Crippen molar-refractivity contribution in [2.45, 2.75) is 11.9 Å². The summed E-state index contributed by atoms with van der Waals surface area (Å²) in [5, 5.41) is 0.748. The zero-order valence-corrected chi connectivity index (χ0v) is 17.6. The van der Waals surface area contributed by atoms with E-state index in [9.17, 15) is 9.18 Å². The zero-order valence-electron chi connectivity index (χ0n) is 16.8. The molecule has 1 aliphatic rings. The molecule has 0 aliphatic carbocycles. The minimum absolute atomic E-state index is 0.118. The lowest BCUT2D eigenvalue weighted by atomic mass is 10.2. The Morgan fingerprint density at radius 3 is 2.40 bits per heavy atom. The Balaban J connectivity index is 1.34. The summed E-state index contributed by atoms with van der Waals surface area (Å²) in [5.41, 5.74) is 2.77. The summed E-state index contributed by atoms with van der Waals surface area (Å²) >= 11 is 1.42. The Bertz CT molecular complexity index is 1010. The first-order valence-electron chi connectivity index (χ1n) is 9.91. The lowest BCUT2D eigenvalue weighted by molar-refractivity contribution is -0.128. The second-order valence-corrected chi connectivity index (χ2v) is 8.17. The number of benzene rings is 2. The van der Waals surface area contributed by atoms with Gasteiger partial charge in [-0.1, -0.05) is 30.0 Å². The largest absolute Gasteiger partial charge is 0.368 e. The first-order chi connectivity index (χ1) is 14.6. The van der Waals surface area contributed by atoms with Gasteiger partial charge in [-0.15, -0.1) is 0 Å². The van der Waals surface area contributed by atoms with Gasteiger partial charge in [0.15, 0.2) is 5.82 Å². The van der Waals surface area contributed by atoms with Gasteiger partial charge in [-0.25, -0.2) is 14.4 Å². The van der Waals surface area contributed by atoms with E-state index in [4.69, 9.17) is 0 Å². The van der Waals surface area contributed by atoms with Gasteiger partial charge in [0.1, 0.15) is 10.8 Å². The number of aryl methyl sites for hydroxylation is 1. The van der Waals surface area contributed by atoms with Crippen molar-refractivity contribution in [1.82, 2.24) is 14.9 Å². The molecule has 0 atom stereocenters. The lowest BCUT2D eigenvalue weighted by Gasteiger charge is -2.36. The second kappa shape index (κ2) is 9.26. The fourth-order valence-corrected chi connectivity index (χ4v) is 4.28. The van der Waals surface area contributed by atoms with E-state index >= 15 is 0 Å². The first kappa shape index (κ1) is 20.3. The quantitative estimate of drug-likeness (QED) is 0.459. The average Bonchev–Trinajstić information content (AvgIpc) is 2.78. The van der Waals surface area contributed by atoms with Gasteiger partial charge in [-0.05, 0) is 49.4 Å². The number of rotatable bonds is 5. The van der Waals surface area contributed by atoms with Crippen molar-refractivity contribution >= 4 is 23.4 Å². The van der Waals surface area contributed by atoms with Crippen molar-refractivity contribution in [1.29, 1.82) is 0 Å². The summed E-state index contributed by atoms with van der Waals surface area (Å²) in [6, 6.07) is 18.3. The smallest absolute Gasteiger partial charge is 0.233 e. The van der Waals surface area contributed by atoms with E-state index in [0.29, 0.717) is 11.6 Å². The van der Waals surface area contributed by atoms with E-state index in [1.165, 1.54) is 29.6 Å². The van der Waals surface area contributed by atoms with E-state index in [1.54, 1.807) is 12.1 Å².